The fourth-order valence-corrected chi connectivity index (χ4v) is 5.35. The zero-order valence-electron chi connectivity index (χ0n) is 21.3. The van der Waals surface area contributed by atoms with Crippen molar-refractivity contribution in [3.63, 3.8) is 0 Å². The van der Waals surface area contributed by atoms with Crippen molar-refractivity contribution < 1.29 is 9.53 Å². The highest BCUT2D eigenvalue weighted by atomic mass is 35.5. The van der Waals surface area contributed by atoms with Crippen molar-refractivity contribution in [2.75, 3.05) is 31.6 Å². The minimum atomic E-state index is -0.0182. The van der Waals surface area contributed by atoms with Crippen molar-refractivity contribution in [2.24, 2.45) is 10.7 Å². The van der Waals surface area contributed by atoms with Gasteiger partial charge >= 0.3 is 0 Å². The summed E-state index contributed by atoms with van der Waals surface area (Å²) in [6.45, 7) is 6.15. The van der Waals surface area contributed by atoms with E-state index in [2.05, 4.69) is 31.8 Å². The lowest BCUT2D eigenvalue weighted by Gasteiger charge is -2.31. The predicted octanol–water partition coefficient (Wildman–Crippen LogP) is 5.09. The summed E-state index contributed by atoms with van der Waals surface area (Å²) in [7, 11) is 0. The Morgan fingerprint density at radius 2 is 2.13 bits per heavy atom. The number of aromatic nitrogens is 3. The van der Waals surface area contributed by atoms with Gasteiger partial charge in [-0.2, -0.15) is 0 Å². The summed E-state index contributed by atoms with van der Waals surface area (Å²) >= 11 is 6.59. The summed E-state index contributed by atoms with van der Waals surface area (Å²) < 4.78 is 5.98. The van der Waals surface area contributed by atoms with Crippen LogP contribution in [-0.2, 0) is 4.79 Å². The van der Waals surface area contributed by atoms with Crippen LogP contribution in [0.4, 0.5) is 11.5 Å². The van der Waals surface area contributed by atoms with Crippen LogP contribution in [0.3, 0.4) is 0 Å². The van der Waals surface area contributed by atoms with Crippen molar-refractivity contribution in [3.05, 3.63) is 65.7 Å². The van der Waals surface area contributed by atoms with E-state index < -0.39 is 0 Å². The molecule has 1 fully saturated rings. The number of piperidine rings is 1. The monoisotopic (exact) mass is 533 g/mol. The average molecular weight is 534 g/mol. The van der Waals surface area contributed by atoms with E-state index in [9.17, 15) is 4.79 Å². The number of anilines is 2. The Morgan fingerprint density at radius 3 is 2.84 bits per heavy atom. The van der Waals surface area contributed by atoms with Gasteiger partial charge in [-0.1, -0.05) is 18.2 Å². The molecular weight excluding hydrogens is 502 g/mol. The normalized spacial score (nSPS) is 16.8. The second-order valence-electron chi connectivity index (χ2n) is 9.53. The number of nitrogens with two attached hydrogens (primary N) is 1. The van der Waals surface area contributed by atoms with Crippen molar-refractivity contribution in [1.82, 2.24) is 19.9 Å². The van der Waals surface area contributed by atoms with Crippen molar-refractivity contribution in [2.45, 2.75) is 38.0 Å². The number of halogens is 1. The van der Waals surface area contributed by atoms with E-state index in [0.29, 0.717) is 42.2 Å². The smallest absolute Gasteiger partial charge is 0.245 e. The maximum absolute atomic E-state index is 12.0. The van der Waals surface area contributed by atoms with Crippen LogP contribution in [-0.4, -0.2) is 57.7 Å². The topological polar surface area (TPSA) is 122 Å². The van der Waals surface area contributed by atoms with Gasteiger partial charge in [0.15, 0.2) is 0 Å². The molecule has 1 saturated heterocycles. The predicted molar refractivity (Wildman–Crippen MR) is 151 cm³/mol. The minimum Gasteiger partial charge on any atom is -0.487 e. The highest BCUT2D eigenvalue weighted by Gasteiger charge is 2.26. The Hall–Kier alpha value is -3.85. The maximum Gasteiger partial charge on any atom is 0.245 e. The minimum absolute atomic E-state index is 0.0182. The van der Waals surface area contributed by atoms with Crippen molar-refractivity contribution in [3.8, 4) is 5.75 Å². The van der Waals surface area contributed by atoms with Crippen molar-refractivity contribution in [1.29, 1.82) is 0 Å². The van der Waals surface area contributed by atoms with Gasteiger partial charge < -0.3 is 25.7 Å². The first-order valence-electron chi connectivity index (χ1n) is 12.9. The summed E-state index contributed by atoms with van der Waals surface area (Å²) in [4.78, 5) is 30.6. The Bertz CT molecular complexity index is 1390. The molecule has 3 aromatic rings. The molecule has 0 atom stereocenters. The van der Waals surface area contributed by atoms with Crippen LogP contribution >= 0.6 is 11.6 Å². The molecule has 0 radical (unpaired) electrons. The van der Waals surface area contributed by atoms with E-state index >= 15 is 0 Å². The van der Waals surface area contributed by atoms with E-state index in [1.165, 1.54) is 12.4 Å². The van der Waals surface area contributed by atoms with Crippen LogP contribution in [0.15, 0.2) is 60.1 Å². The van der Waals surface area contributed by atoms with Gasteiger partial charge in [0, 0.05) is 49.0 Å². The average Bonchev–Trinajstić information content (AvgIpc) is 3.40. The number of nitrogens with zero attached hydrogens (tertiary/aromatic N) is 4. The number of nitrogens with one attached hydrogen (secondary N) is 2. The molecule has 198 valence electrons. The van der Waals surface area contributed by atoms with Gasteiger partial charge in [0.2, 0.25) is 5.91 Å². The van der Waals surface area contributed by atoms with E-state index in [1.54, 1.807) is 6.20 Å². The number of benzene rings is 1. The molecule has 2 aliphatic rings. The lowest BCUT2D eigenvalue weighted by atomic mass is 9.89. The van der Waals surface area contributed by atoms with Crippen LogP contribution in [0.25, 0.3) is 11.0 Å². The third kappa shape index (κ3) is 5.52. The standard InChI is InChI=1S/C28H32ClN7O2/c1-2-25(37)36-11-8-18(9-12-36)21-15-32-27-26(21)28(34-17-33-27)35-20-6-7-24(22(29)13-20)38-16-19(14-30)23-5-3-4-10-31-23/h2,6-7,13-15,17-18H,1,3-5,8-12,16,30H2,(H2,32,33,34,35)/b19-14-. The first-order chi connectivity index (χ1) is 18.6. The number of likely N-dealkylation sites (tertiary alicyclic amines) is 1. The Morgan fingerprint density at radius 1 is 1.29 bits per heavy atom. The largest absolute Gasteiger partial charge is 0.487 e. The number of carbonyl (C=O) groups excluding carboxylic acids is 1. The lowest BCUT2D eigenvalue weighted by Crippen LogP contribution is -2.36. The Kier molecular flexibility index (Phi) is 7.93. The SMILES string of the molecule is C=CC(=O)N1CCC(c2c[nH]c3ncnc(Nc4ccc(OC/C(=C/N)C5=NCCCC5)c(Cl)c4)c23)CC1. The van der Waals surface area contributed by atoms with Gasteiger partial charge in [-0.25, -0.2) is 9.97 Å². The highest BCUT2D eigenvalue weighted by Crippen LogP contribution is 2.37. The van der Waals surface area contributed by atoms with Crippen LogP contribution in [0.2, 0.25) is 5.02 Å². The van der Waals surface area contributed by atoms with Crippen molar-refractivity contribution >= 4 is 45.8 Å². The number of rotatable bonds is 8. The molecular formula is C28H32ClN7O2. The molecule has 10 heteroatoms. The number of hydrogen-bond donors (Lipinski definition) is 3. The van der Waals surface area contributed by atoms with Gasteiger partial charge in [0.05, 0.1) is 10.4 Å². The van der Waals surface area contributed by atoms with Gasteiger partial charge in [-0.3, -0.25) is 9.79 Å². The number of fused-ring (bicyclic) bond motifs is 1. The molecule has 0 spiro atoms. The molecule has 0 bridgehead atoms. The van der Waals surface area contributed by atoms with E-state index in [0.717, 1.165) is 72.2 Å². The highest BCUT2D eigenvalue weighted by molar-refractivity contribution is 6.32. The van der Waals surface area contributed by atoms with Crippen LogP contribution in [0, 0.1) is 0 Å². The van der Waals surface area contributed by atoms with Crippen LogP contribution in [0.5, 0.6) is 5.75 Å². The van der Waals surface area contributed by atoms with Gasteiger partial charge in [-0.05, 0) is 67.9 Å². The number of aromatic amines is 1. The summed E-state index contributed by atoms with van der Waals surface area (Å²) in [6, 6.07) is 5.57. The van der Waals surface area contributed by atoms with Gasteiger partial charge in [-0.15, -0.1) is 0 Å². The van der Waals surface area contributed by atoms with E-state index in [4.69, 9.17) is 22.1 Å². The number of aliphatic imine (C=N–C) groups is 1. The molecule has 0 saturated carbocycles. The summed E-state index contributed by atoms with van der Waals surface area (Å²) in [5.41, 5.74) is 10.4. The zero-order chi connectivity index (χ0) is 26.5. The van der Waals surface area contributed by atoms with Crippen LogP contribution < -0.4 is 15.8 Å². The first-order valence-corrected chi connectivity index (χ1v) is 13.3. The summed E-state index contributed by atoms with van der Waals surface area (Å²) in [5.74, 6) is 1.55. The molecule has 2 aromatic heterocycles. The first kappa shape index (κ1) is 25.8. The number of carbonyl (C=O) groups is 1. The number of amides is 1. The number of H-pyrrole nitrogens is 1. The zero-order valence-corrected chi connectivity index (χ0v) is 22.0. The van der Waals surface area contributed by atoms with Gasteiger partial charge in [0.25, 0.3) is 0 Å². The van der Waals surface area contributed by atoms with Crippen LogP contribution in [0.1, 0.15) is 43.6 Å². The van der Waals surface area contributed by atoms with E-state index in [1.807, 2.05) is 29.3 Å². The summed E-state index contributed by atoms with van der Waals surface area (Å²) in [5, 5.41) is 4.83. The molecule has 1 aromatic carbocycles. The van der Waals surface area contributed by atoms with Gasteiger partial charge in [0.1, 0.15) is 30.1 Å². The molecule has 4 N–H and O–H groups in total. The Balaban J connectivity index is 1.30. The Labute approximate surface area is 226 Å². The molecule has 1 amide bonds. The fraction of sp³-hybridized carbons (Fsp3) is 0.357. The maximum atomic E-state index is 12.0. The molecule has 5 rings (SSSR count). The molecule has 0 unspecified atom stereocenters. The molecule has 38 heavy (non-hydrogen) atoms. The summed E-state index contributed by atoms with van der Waals surface area (Å²) in [6.07, 6.45) is 11.4. The second-order valence-corrected chi connectivity index (χ2v) is 9.94. The molecule has 4 heterocycles. The molecule has 0 aliphatic carbocycles. The van der Waals surface area contributed by atoms with E-state index in [-0.39, 0.29) is 5.91 Å². The third-order valence-electron chi connectivity index (χ3n) is 7.20. The quantitative estimate of drug-likeness (QED) is 0.347. The number of hydrogen-bond acceptors (Lipinski definition) is 7. The lowest BCUT2D eigenvalue weighted by molar-refractivity contribution is -0.127. The second kappa shape index (κ2) is 11.7. The third-order valence-corrected chi connectivity index (χ3v) is 7.49. The fourth-order valence-electron chi connectivity index (χ4n) is 5.12. The molecule has 2 aliphatic heterocycles. The number of ether oxygens (including phenoxy) is 1. The molecule has 9 nitrogen and oxygen atoms in total.